The van der Waals surface area contributed by atoms with Gasteiger partial charge >= 0.3 is 0 Å². The zero-order valence-corrected chi connectivity index (χ0v) is 12.6. The van der Waals surface area contributed by atoms with Gasteiger partial charge in [0.1, 0.15) is 5.56 Å². The number of rotatable bonds is 2. The van der Waals surface area contributed by atoms with E-state index in [0.29, 0.717) is 24.8 Å². The Morgan fingerprint density at radius 1 is 1.32 bits per heavy atom. The molecule has 1 N–H and O–H groups in total. The summed E-state index contributed by atoms with van der Waals surface area (Å²) in [7, 11) is 0. The number of pyridine rings is 1. The summed E-state index contributed by atoms with van der Waals surface area (Å²) in [5, 5.41) is 3.80. The fourth-order valence-corrected chi connectivity index (χ4v) is 2.72. The Balaban J connectivity index is 1.68. The van der Waals surface area contributed by atoms with Gasteiger partial charge in [0.25, 0.3) is 11.5 Å². The molecule has 22 heavy (non-hydrogen) atoms. The Hall–Kier alpha value is -2.44. The van der Waals surface area contributed by atoms with Gasteiger partial charge in [0.05, 0.1) is 0 Å². The van der Waals surface area contributed by atoms with Crippen LogP contribution in [-0.4, -0.2) is 39.0 Å². The predicted molar refractivity (Wildman–Crippen MR) is 78.7 cm³/mol. The number of H-pyrrole nitrogens is 1. The molecule has 1 amide bonds. The average Bonchev–Trinajstić information content (AvgIpc) is 2.93. The summed E-state index contributed by atoms with van der Waals surface area (Å²) in [5.74, 6) is 1.22. The molecule has 7 nitrogen and oxygen atoms in total. The van der Waals surface area contributed by atoms with Gasteiger partial charge in [-0.05, 0) is 38.8 Å². The van der Waals surface area contributed by atoms with Gasteiger partial charge in [-0.15, -0.1) is 0 Å². The second-order valence-corrected chi connectivity index (χ2v) is 5.63. The van der Waals surface area contributed by atoms with Crippen LogP contribution in [0.25, 0.3) is 0 Å². The highest BCUT2D eigenvalue weighted by atomic mass is 16.5. The van der Waals surface area contributed by atoms with Crippen LogP contribution in [0.3, 0.4) is 0 Å². The van der Waals surface area contributed by atoms with Gasteiger partial charge in [0, 0.05) is 24.7 Å². The molecule has 3 rings (SSSR count). The van der Waals surface area contributed by atoms with Crippen molar-refractivity contribution in [2.75, 3.05) is 13.1 Å². The molecule has 1 aliphatic heterocycles. The molecule has 0 aliphatic carbocycles. The highest BCUT2D eigenvalue weighted by Crippen LogP contribution is 2.27. The van der Waals surface area contributed by atoms with Gasteiger partial charge in [0.15, 0.2) is 5.82 Å². The second kappa shape index (κ2) is 5.75. The maximum absolute atomic E-state index is 12.4. The third kappa shape index (κ3) is 2.79. The quantitative estimate of drug-likeness (QED) is 0.905. The van der Waals surface area contributed by atoms with Crippen molar-refractivity contribution < 1.29 is 9.32 Å². The lowest BCUT2D eigenvalue weighted by Crippen LogP contribution is -2.40. The van der Waals surface area contributed by atoms with E-state index in [-0.39, 0.29) is 22.9 Å². The zero-order chi connectivity index (χ0) is 15.7. The minimum Gasteiger partial charge on any atom is -0.339 e. The first-order chi connectivity index (χ1) is 10.5. The van der Waals surface area contributed by atoms with Crippen molar-refractivity contribution in [3.8, 4) is 0 Å². The van der Waals surface area contributed by atoms with E-state index in [9.17, 15) is 9.59 Å². The highest BCUT2D eigenvalue weighted by molar-refractivity contribution is 5.93. The summed E-state index contributed by atoms with van der Waals surface area (Å²) in [5.41, 5.74) is 0.601. The van der Waals surface area contributed by atoms with Gasteiger partial charge in [-0.25, -0.2) is 0 Å². The maximum atomic E-state index is 12.4. The van der Waals surface area contributed by atoms with E-state index < -0.39 is 0 Å². The number of nitrogens with one attached hydrogen (secondary N) is 1. The van der Waals surface area contributed by atoms with Crippen molar-refractivity contribution in [3.63, 3.8) is 0 Å². The Bertz CT molecular complexity index is 741. The molecule has 116 valence electrons. The molecule has 2 aromatic heterocycles. The first kappa shape index (κ1) is 14.5. The number of carbonyl (C=O) groups is 1. The van der Waals surface area contributed by atoms with Crippen LogP contribution in [0.5, 0.6) is 0 Å². The number of aromatic amines is 1. The standard InChI is InChI=1S/C15H18N4O3/c1-9-3-4-12(13(20)16-9)15(21)19-7-5-11(6-8-19)14-17-10(2)18-22-14/h3-4,11H,5-8H2,1-2H3,(H,16,20). The number of piperidine rings is 1. The monoisotopic (exact) mass is 302 g/mol. The molecular weight excluding hydrogens is 284 g/mol. The Morgan fingerprint density at radius 3 is 2.64 bits per heavy atom. The summed E-state index contributed by atoms with van der Waals surface area (Å²) in [6.07, 6.45) is 1.52. The number of likely N-dealkylation sites (tertiary alicyclic amines) is 1. The summed E-state index contributed by atoms with van der Waals surface area (Å²) < 4.78 is 5.20. The number of aryl methyl sites for hydroxylation is 2. The largest absolute Gasteiger partial charge is 0.339 e. The number of hydrogen-bond donors (Lipinski definition) is 1. The minimum absolute atomic E-state index is 0.182. The van der Waals surface area contributed by atoms with E-state index in [2.05, 4.69) is 15.1 Å². The molecule has 1 fully saturated rings. The molecule has 3 heterocycles. The van der Waals surface area contributed by atoms with Gasteiger partial charge in [0.2, 0.25) is 5.89 Å². The van der Waals surface area contributed by atoms with Crippen LogP contribution in [0.4, 0.5) is 0 Å². The lowest BCUT2D eigenvalue weighted by molar-refractivity contribution is 0.0702. The molecule has 0 radical (unpaired) electrons. The molecule has 0 atom stereocenters. The summed E-state index contributed by atoms with van der Waals surface area (Å²) >= 11 is 0. The summed E-state index contributed by atoms with van der Waals surface area (Å²) in [6, 6.07) is 3.33. The second-order valence-electron chi connectivity index (χ2n) is 5.63. The molecular formula is C15H18N4O3. The zero-order valence-electron chi connectivity index (χ0n) is 12.6. The number of hydrogen-bond acceptors (Lipinski definition) is 5. The van der Waals surface area contributed by atoms with Crippen molar-refractivity contribution in [3.05, 3.63) is 45.5 Å². The van der Waals surface area contributed by atoms with Crippen LogP contribution in [0.2, 0.25) is 0 Å². The first-order valence-corrected chi connectivity index (χ1v) is 7.34. The van der Waals surface area contributed by atoms with E-state index in [1.54, 1.807) is 30.9 Å². The van der Waals surface area contributed by atoms with Crippen LogP contribution >= 0.6 is 0 Å². The molecule has 0 saturated carbocycles. The number of amides is 1. The van der Waals surface area contributed by atoms with E-state index in [1.807, 2.05) is 0 Å². The number of nitrogens with zero attached hydrogens (tertiary/aromatic N) is 3. The average molecular weight is 302 g/mol. The van der Waals surface area contributed by atoms with Gasteiger partial charge in [-0.2, -0.15) is 4.98 Å². The molecule has 2 aromatic rings. The van der Waals surface area contributed by atoms with Crippen LogP contribution in [0.15, 0.2) is 21.5 Å². The molecule has 0 bridgehead atoms. The van der Waals surface area contributed by atoms with E-state index in [4.69, 9.17) is 4.52 Å². The fraction of sp³-hybridized carbons (Fsp3) is 0.467. The fourth-order valence-electron chi connectivity index (χ4n) is 2.72. The lowest BCUT2D eigenvalue weighted by Gasteiger charge is -2.30. The van der Waals surface area contributed by atoms with Gasteiger partial charge in [-0.3, -0.25) is 9.59 Å². The lowest BCUT2D eigenvalue weighted by atomic mass is 9.96. The Kier molecular flexibility index (Phi) is 3.79. The Labute approximate surface area is 127 Å². The van der Waals surface area contributed by atoms with Crippen LogP contribution in [0, 0.1) is 13.8 Å². The van der Waals surface area contributed by atoms with Gasteiger partial charge < -0.3 is 14.4 Å². The van der Waals surface area contributed by atoms with E-state index in [1.165, 1.54) is 0 Å². The Morgan fingerprint density at radius 2 is 2.05 bits per heavy atom. The van der Waals surface area contributed by atoms with Crippen molar-refractivity contribution in [2.45, 2.75) is 32.6 Å². The summed E-state index contributed by atoms with van der Waals surface area (Å²) in [4.78, 5) is 32.9. The van der Waals surface area contributed by atoms with Crippen LogP contribution in [0.1, 0.15) is 46.5 Å². The SMILES string of the molecule is Cc1noc(C2CCN(C(=O)c3ccc(C)[nH]c3=O)CC2)n1. The van der Waals surface area contributed by atoms with E-state index >= 15 is 0 Å². The molecule has 1 aliphatic rings. The van der Waals surface area contributed by atoms with Crippen molar-refractivity contribution in [2.24, 2.45) is 0 Å². The van der Waals surface area contributed by atoms with Crippen LogP contribution in [-0.2, 0) is 0 Å². The predicted octanol–water partition coefficient (Wildman–Crippen LogP) is 1.39. The van der Waals surface area contributed by atoms with Crippen molar-refractivity contribution in [1.29, 1.82) is 0 Å². The molecule has 0 unspecified atom stereocenters. The number of aromatic nitrogens is 3. The molecule has 0 spiro atoms. The van der Waals surface area contributed by atoms with Gasteiger partial charge in [-0.1, -0.05) is 5.16 Å². The van der Waals surface area contributed by atoms with E-state index in [0.717, 1.165) is 18.5 Å². The van der Waals surface area contributed by atoms with Crippen LogP contribution < -0.4 is 5.56 Å². The molecule has 1 saturated heterocycles. The van der Waals surface area contributed by atoms with Crippen molar-refractivity contribution >= 4 is 5.91 Å². The van der Waals surface area contributed by atoms with Crippen molar-refractivity contribution in [1.82, 2.24) is 20.0 Å². The third-order valence-corrected chi connectivity index (χ3v) is 3.96. The molecule has 0 aromatic carbocycles. The molecule has 7 heteroatoms. The topological polar surface area (TPSA) is 92.1 Å². The first-order valence-electron chi connectivity index (χ1n) is 7.34. The summed E-state index contributed by atoms with van der Waals surface area (Å²) in [6.45, 7) is 4.74. The number of carbonyl (C=O) groups excluding carboxylic acids is 1. The highest BCUT2D eigenvalue weighted by Gasteiger charge is 2.28. The minimum atomic E-state index is -0.334. The third-order valence-electron chi connectivity index (χ3n) is 3.96. The normalized spacial score (nSPS) is 16.0. The maximum Gasteiger partial charge on any atom is 0.260 e. The smallest absolute Gasteiger partial charge is 0.260 e.